The number of nitrogens with one attached hydrogen (secondary N) is 1. The van der Waals surface area contributed by atoms with Crippen molar-refractivity contribution in [2.75, 3.05) is 10.2 Å². The van der Waals surface area contributed by atoms with E-state index in [4.69, 9.17) is 0 Å². The summed E-state index contributed by atoms with van der Waals surface area (Å²) in [5.41, 5.74) is 2.85. The maximum atomic E-state index is 13.5. The molecule has 0 saturated carbocycles. The van der Waals surface area contributed by atoms with Crippen molar-refractivity contribution < 1.29 is 14.0 Å². The Bertz CT molecular complexity index is 1250. The molecule has 1 N–H and O–H groups in total. The number of thioether (sulfide) groups is 1. The third-order valence-corrected chi connectivity index (χ3v) is 6.43. The zero-order valence-electron chi connectivity index (χ0n) is 17.8. The van der Waals surface area contributed by atoms with Crippen LogP contribution >= 0.6 is 11.8 Å². The number of anilines is 2. The van der Waals surface area contributed by atoms with E-state index in [1.165, 1.54) is 40.9 Å². The lowest BCUT2D eigenvalue weighted by Crippen LogP contribution is -2.30. The number of rotatable bonds is 5. The van der Waals surface area contributed by atoms with Crippen molar-refractivity contribution in [1.29, 1.82) is 5.26 Å². The maximum Gasteiger partial charge on any atom is 0.269 e. The second-order valence-electron chi connectivity index (χ2n) is 7.56. The summed E-state index contributed by atoms with van der Waals surface area (Å²) < 4.78 is 13.5. The second-order valence-corrected chi connectivity index (χ2v) is 8.75. The van der Waals surface area contributed by atoms with Gasteiger partial charge >= 0.3 is 0 Å². The molecule has 0 aromatic heterocycles. The van der Waals surface area contributed by atoms with Crippen LogP contribution in [0.3, 0.4) is 0 Å². The summed E-state index contributed by atoms with van der Waals surface area (Å²) >= 11 is 1.18. The van der Waals surface area contributed by atoms with Gasteiger partial charge in [-0.15, -0.1) is 0 Å². The molecule has 1 aliphatic heterocycles. The van der Waals surface area contributed by atoms with Crippen LogP contribution in [-0.4, -0.2) is 17.1 Å². The monoisotopic (exact) mass is 457 g/mol. The van der Waals surface area contributed by atoms with E-state index in [-0.39, 0.29) is 16.5 Å². The van der Waals surface area contributed by atoms with Crippen molar-refractivity contribution in [2.45, 2.75) is 18.6 Å². The first-order valence-corrected chi connectivity index (χ1v) is 11.2. The Labute approximate surface area is 195 Å². The van der Waals surface area contributed by atoms with Crippen LogP contribution in [0.2, 0.25) is 0 Å². The average molecular weight is 458 g/mol. The first kappa shape index (κ1) is 22.3. The Kier molecular flexibility index (Phi) is 6.57. The van der Waals surface area contributed by atoms with Crippen molar-refractivity contribution in [2.24, 2.45) is 0 Å². The van der Waals surface area contributed by atoms with E-state index in [0.29, 0.717) is 17.8 Å². The van der Waals surface area contributed by atoms with Crippen molar-refractivity contribution in [3.63, 3.8) is 0 Å². The van der Waals surface area contributed by atoms with E-state index in [1.54, 1.807) is 24.3 Å². The van der Waals surface area contributed by atoms with E-state index in [9.17, 15) is 19.2 Å². The summed E-state index contributed by atoms with van der Waals surface area (Å²) in [4.78, 5) is 27.7. The van der Waals surface area contributed by atoms with Crippen LogP contribution < -0.4 is 10.2 Å². The summed E-state index contributed by atoms with van der Waals surface area (Å²) in [5, 5.41) is 12.3. The fourth-order valence-corrected chi connectivity index (χ4v) is 4.77. The molecular weight excluding hydrogens is 437 g/mol. The number of halogens is 1. The van der Waals surface area contributed by atoms with E-state index in [1.807, 2.05) is 43.3 Å². The largest absolute Gasteiger partial charge is 0.321 e. The average Bonchev–Trinajstić information content (AvgIpc) is 3.12. The minimum absolute atomic E-state index is 0.173. The van der Waals surface area contributed by atoms with Crippen LogP contribution in [-0.2, 0) is 16.0 Å². The Morgan fingerprint density at radius 2 is 1.73 bits per heavy atom. The molecule has 2 amide bonds. The Morgan fingerprint density at radius 3 is 2.36 bits per heavy atom. The topological polar surface area (TPSA) is 73.2 Å². The molecular formula is C26H20FN3O2S. The van der Waals surface area contributed by atoms with Gasteiger partial charge in [0.15, 0.2) is 0 Å². The van der Waals surface area contributed by atoms with Gasteiger partial charge in [0, 0.05) is 11.4 Å². The van der Waals surface area contributed by atoms with Gasteiger partial charge in [-0.25, -0.2) is 4.39 Å². The van der Waals surface area contributed by atoms with Crippen LogP contribution in [0, 0.1) is 24.1 Å². The molecule has 7 heteroatoms. The van der Waals surface area contributed by atoms with Crippen LogP contribution in [0.25, 0.3) is 0 Å². The highest BCUT2D eigenvalue weighted by Gasteiger charge is 2.40. The number of carbonyl (C=O) groups excluding carboxylic acids is 2. The fourth-order valence-electron chi connectivity index (χ4n) is 3.47. The molecule has 1 fully saturated rings. The summed E-state index contributed by atoms with van der Waals surface area (Å²) in [5.74, 6) is -1.31. The van der Waals surface area contributed by atoms with Crippen molar-refractivity contribution in [1.82, 2.24) is 0 Å². The highest BCUT2D eigenvalue weighted by molar-refractivity contribution is 8.05. The van der Waals surface area contributed by atoms with Crippen molar-refractivity contribution in [3.05, 3.63) is 106 Å². The molecule has 1 heterocycles. The zero-order valence-corrected chi connectivity index (χ0v) is 18.6. The molecule has 1 aliphatic rings. The second kappa shape index (κ2) is 9.72. The third-order valence-electron chi connectivity index (χ3n) is 5.16. The normalized spacial score (nSPS) is 16.9. The number of nitrogens with zero attached hydrogens (tertiary/aromatic N) is 2. The summed E-state index contributed by atoms with van der Waals surface area (Å²) in [7, 11) is 0. The van der Waals surface area contributed by atoms with Gasteiger partial charge in [-0.1, -0.05) is 59.8 Å². The summed E-state index contributed by atoms with van der Waals surface area (Å²) in [6.45, 7) is 1.99. The van der Waals surface area contributed by atoms with Crippen LogP contribution in [0.4, 0.5) is 15.8 Å². The van der Waals surface area contributed by atoms with E-state index in [2.05, 4.69) is 5.32 Å². The third kappa shape index (κ3) is 4.97. The molecule has 0 bridgehead atoms. The van der Waals surface area contributed by atoms with Gasteiger partial charge in [0.1, 0.15) is 22.5 Å². The molecule has 5 nitrogen and oxygen atoms in total. The molecule has 33 heavy (non-hydrogen) atoms. The number of benzene rings is 3. The number of hydrogen-bond donors (Lipinski definition) is 1. The van der Waals surface area contributed by atoms with Crippen LogP contribution in [0.15, 0.2) is 89.5 Å². The first-order valence-electron chi connectivity index (χ1n) is 10.3. The summed E-state index contributed by atoms with van der Waals surface area (Å²) in [6, 6.07) is 24.0. The van der Waals surface area contributed by atoms with E-state index in [0.717, 1.165) is 11.1 Å². The highest BCUT2D eigenvalue weighted by atomic mass is 32.2. The predicted molar refractivity (Wildman–Crippen MR) is 128 cm³/mol. The van der Waals surface area contributed by atoms with Gasteiger partial charge in [-0.2, -0.15) is 5.26 Å². The number of carbonyl (C=O) groups is 2. The number of nitriles is 1. The molecule has 0 radical (unpaired) electrons. The zero-order chi connectivity index (χ0) is 23.4. The minimum atomic E-state index is -0.609. The van der Waals surface area contributed by atoms with E-state index < -0.39 is 17.0 Å². The highest BCUT2D eigenvalue weighted by Crippen LogP contribution is 2.42. The first-order chi connectivity index (χ1) is 16.0. The van der Waals surface area contributed by atoms with E-state index >= 15 is 0 Å². The van der Waals surface area contributed by atoms with Crippen LogP contribution in [0.5, 0.6) is 0 Å². The minimum Gasteiger partial charge on any atom is -0.321 e. The number of aryl methyl sites for hydroxylation is 1. The van der Waals surface area contributed by atoms with Crippen molar-refractivity contribution >= 4 is 35.0 Å². The van der Waals surface area contributed by atoms with Gasteiger partial charge in [-0.3, -0.25) is 14.5 Å². The van der Waals surface area contributed by atoms with Gasteiger partial charge in [0.2, 0.25) is 5.91 Å². The summed E-state index contributed by atoms with van der Waals surface area (Å²) in [6.07, 6.45) is 0.435. The number of para-hydroxylation sites is 1. The fraction of sp³-hybridized carbons (Fsp3) is 0.115. The lowest BCUT2D eigenvalue weighted by atomic mass is 10.1. The van der Waals surface area contributed by atoms with Gasteiger partial charge in [0.25, 0.3) is 5.91 Å². The standard InChI is InChI=1S/C26H20FN3O2S/c1-17-7-9-18(10-8-17)15-23-25(32)30(21-13-11-19(27)12-14-21)26(33-23)22(16-28)24(31)29-20-5-3-2-4-6-20/h2-14,23H,15H2,1H3,(H,29,31)/b26-22-. The Morgan fingerprint density at radius 1 is 1.06 bits per heavy atom. The Hall–Kier alpha value is -3.89. The Balaban J connectivity index is 1.72. The molecule has 1 saturated heterocycles. The van der Waals surface area contributed by atoms with Gasteiger partial charge in [0.05, 0.1) is 5.25 Å². The predicted octanol–water partition coefficient (Wildman–Crippen LogP) is 5.20. The van der Waals surface area contributed by atoms with Gasteiger partial charge in [-0.05, 0) is 55.3 Å². The molecule has 1 unspecified atom stereocenters. The van der Waals surface area contributed by atoms with Crippen molar-refractivity contribution in [3.8, 4) is 6.07 Å². The van der Waals surface area contributed by atoms with Crippen LogP contribution in [0.1, 0.15) is 11.1 Å². The van der Waals surface area contributed by atoms with Gasteiger partial charge < -0.3 is 5.32 Å². The number of amides is 2. The quantitative estimate of drug-likeness (QED) is 0.422. The number of hydrogen-bond acceptors (Lipinski definition) is 4. The lowest BCUT2D eigenvalue weighted by molar-refractivity contribution is -0.117. The molecule has 3 aromatic rings. The molecule has 0 aliphatic carbocycles. The lowest BCUT2D eigenvalue weighted by Gasteiger charge is -2.18. The molecule has 0 spiro atoms. The molecule has 164 valence electrons. The molecule has 4 rings (SSSR count). The SMILES string of the molecule is Cc1ccc(CC2S/C(=C(/C#N)C(=O)Nc3ccccc3)N(c3ccc(F)cc3)C2=O)cc1. The molecule has 1 atom stereocenters. The molecule has 3 aromatic carbocycles. The smallest absolute Gasteiger partial charge is 0.269 e. The maximum absolute atomic E-state index is 13.5.